The number of piperidine rings is 1. The first-order valence-electron chi connectivity index (χ1n) is 6.47. The van der Waals surface area contributed by atoms with Gasteiger partial charge in [0.15, 0.2) is 0 Å². The molecule has 0 N–H and O–H groups in total. The van der Waals surface area contributed by atoms with Crippen LogP contribution in [0.1, 0.15) is 39.3 Å². The zero-order valence-corrected chi connectivity index (χ0v) is 10.8. The summed E-state index contributed by atoms with van der Waals surface area (Å²) in [6.45, 7) is 9.83. The average Bonchev–Trinajstić information content (AvgIpc) is 2.36. The molecule has 2 nitrogen and oxygen atoms in total. The van der Waals surface area contributed by atoms with Crippen LogP contribution in [0.2, 0.25) is 0 Å². The molecule has 1 aliphatic rings. The molecule has 2 rings (SSSR count). The quantitative estimate of drug-likeness (QED) is 0.760. The van der Waals surface area contributed by atoms with Gasteiger partial charge in [0.25, 0.3) is 0 Å². The highest BCUT2D eigenvalue weighted by molar-refractivity contribution is 5.03. The van der Waals surface area contributed by atoms with E-state index in [9.17, 15) is 0 Å². The zero-order chi connectivity index (χ0) is 11.8. The van der Waals surface area contributed by atoms with Gasteiger partial charge < -0.3 is 0 Å². The van der Waals surface area contributed by atoms with Crippen LogP contribution in [0.3, 0.4) is 0 Å². The Hall–Kier alpha value is -0.890. The summed E-state index contributed by atoms with van der Waals surface area (Å²) in [5.74, 6) is 0.912. The molecule has 1 aromatic heterocycles. The molecule has 0 bridgehead atoms. The summed E-state index contributed by atoms with van der Waals surface area (Å²) < 4.78 is 0. The molecule has 0 saturated carbocycles. The van der Waals surface area contributed by atoms with Crippen molar-refractivity contribution in [3.63, 3.8) is 0 Å². The Morgan fingerprint density at radius 2 is 1.94 bits per heavy atom. The second-order valence-electron chi connectivity index (χ2n) is 4.28. The fourth-order valence-corrected chi connectivity index (χ4v) is 1.94. The van der Waals surface area contributed by atoms with Crippen LogP contribution in [0.15, 0.2) is 24.4 Å². The third-order valence-corrected chi connectivity index (χ3v) is 2.99. The van der Waals surface area contributed by atoms with Gasteiger partial charge in [-0.3, -0.25) is 9.88 Å². The third kappa shape index (κ3) is 4.31. The van der Waals surface area contributed by atoms with Crippen molar-refractivity contribution in [1.29, 1.82) is 0 Å². The fourth-order valence-electron chi connectivity index (χ4n) is 1.94. The maximum absolute atomic E-state index is 4.35. The Bertz CT molecular complexity index is 263. The molecule has 0 amide bonds. The summed E-state index contributed by atoms with van der Waals surface area (Å²) in [4.78, 5) is 6.85. The van der Waals surface area contributed by atoms with Crippen molar-refractivity contribution >= 4 is 0 Å². The molecule has 0 spiro atoms. The lowest BCUT2D eigenvalue weighted by molar-refractivity contribution is 0.183. The number of aromatic nitrogens is 1. The van der Waals surface area contributed by atoms with E-state index in [1.807, 2.05) is 26.1 Å². The number of hydrogen-bond acceptors (Lipinski definition) is 2. The van der Waals surface area contributed by atoms with Crippen molar-refractivity contribution in [3.8, 4) is 0 Å². The minimum atomic E-state index is 0.912. The lowest BCUT2D eigenvalue weighted by Gasteiger charge is -2.29. The van der Waals surface area contributed by atoms with Gasteiger partial charge in [-0.2, -0.15) is 0 Å². The van der Waals surface area contributed by atoms with Crippen molar-refractivity contribution in [2.75, 3.05) is 13.1 Å². The van der Waals surface area contributed by atoms with Crippen molar-refractivity contribution < 1.29 is 0 Å². The first-order chi connectivity index (χ1) is 7.84. The van der Waals surface area contributed by atoms with Crippen molar-refractivity contribution in [2.45, 2.75) is 40.2 Å². The van der Waals surface area contributed by atoms with Crippen LogP contribution in [0.25, 0.3) is 0 Å². The van der Waals surface area contributed by atoms with Gasteiger partial charge >= 0.3 is 0 Å². The molecule has 2 heterocycles. The van der Waals surface area contributed by atoms with Gasteiger partial charge in [0, 0.05) is 12.7 Å². The summed E-state index contributed by atoms with van der Waals surface area (Å²) in [6, 6.07) is 6.15. The third-order valence-electron chi connectivity index (χ3n) is 2.99. The smallest absolute Gasteiger partial charge is 0.0543 e. The monoisotopic (exact) mass is 220 g/mol. The maximum atomic E-state index is 4.35. The molecule has 16 heavy (non-hydrogen) atoms. The van der Waals surface area contributed by atoms with E-state index in [1.54, 1.807) is 0 Å². The summed E-state index contributed by atoms with van der Waals surface area (Å²) in [6.07, 6.45) is 4.56. The maximum Gasteiger partial charge on any atom is 0.0543 e. The highest BCUT2D eigenvalue weighted by atomic mass is 15.1. The van der Waals surface area contributed by atoms with E-state index < -0.39 is 0 Å². The number of hydrogen-bond donors (Lipinski definition) is 0. The van der Waals surface area contributed by atoms with Crippen LogP contribution >= 0.6 is 0 Å². The summed E-state index contributed by atoms with van der Waals surface area (Å²) >= 11 is 0. The summed E-state index contributed by atoms with van der Waals surface area (Å²) in [5, 5.41) is 0. The van der Waals surface area contributed by atoms with Crippen molar-refractivity contribution in [2.24, 2.45) is 5.92 Å². The van der Waals surface area contributed by atoms with Gasteiger partial charge in [-0.25, -0.2) is 0 Å². The number of rotatable bonds is 2. The van der Waals surface area contributed by atoms with Crippen molar-refractivity contribution in [1.82, 2.24) is 9.88 Å². The van der Waals surface area contributed by atoms with Crippen LogP contribution in [0, 0.1) is 5.92 Å². The van der Waals surface area contributed by atoms with Crippen LogP contribution in [0.5, 0.6) is 0 Å². The molecule has 1 saturated heterocycles. The lowest BCUT2D eigenvalue weighted by atomic mass is 9.99. The molecule has 0 atom stereocenters. The Kier molecular flexibility index (Phi) is 6.09. The van der Waals surface area contributed by atoms with Crippen LogP contribution in [0.4, 0.5) is 0 Å². The summed E-state index contributed by atoms with van der Waals surface area (Å²) in [7, 11) is 0. The van der Waals surface area contributed by atoms with Gasteiger partial charge in [-0.05, 0) is 44.0 Å². The molecule has 0 radical (unpaired) electrons. The Morgan fingerprint density at radius 3 is 2.50 bits per heavy atom. The van der Waals surface area contributed by atoms with Crippen LogP contribution in [-0.4, -0.2) is 23.0 Å². The van der Waals surface area contributed by atoms with E-state index in [0.717, 1.165) is 12.5 Å². The minimum Gasteiger partial charge on any atom is -0.297 e. The second-order valence-corrected chi connectivity index (χ2v) is 4.28. The summed E-state index contributed by atoms with van der Waals surface area (Å²) in [5.41, 5.74) is 1.20. The van der Waals surface area contributed by atoms with Gasteiger partial charge in [-0.15, -0.1) is 0 Å². The van der Waals surface area contributed by atoms with E-state index in [1.165, 1.54) is 31.6 Å². The first kappa shape index (κ1) is 13.2. The van der Waals surface area contributed by atoms with E-state index >= 15 is 0 Å². The molecule has 1 aliphatic heterocycles. The zero-order valence-electron chi connectivity index (χ0n) is 10.8. The number of pyridine rings is 1. The largest absolute Gasteiger partial charge is 0.297 e. The highest BCUT2D eigenvalue weighted by Crippen LogP contribution is 2.17. The molecular weight excluding hydrogens is 196 g/mol. The topological polar surface area (TPSA) is 16.1 Å². The number of likely N-dealkylation sites (tertiary alicyclic amines) is 1. The predicted molar refractivity (Wildman–Crippen MR) is 69.3 cm³/mol. The average molecular weight is 220 g/mol. The Balaban J connectivity index is 0.000000606. The first-order valence-corrected chi connectivity index (χ1v) is 6.47. The minimum absolute atomic E-state index is 0.912. The Morgan fingerprint density at radius 1 is 1.25 bits per heavy atom. The molecule has 90 valence electrons. The van der Waals surface area contributed by atoms with E-state index in [-0.39, 0.29) is 0 Å². The van der Waals surface area contributed by atoms with Gasteiger partial charge in [-0.1, -0.05) is 26.8 Å². The highest BCUT2D eigenvalue weighted by Gasteiger charge is 2.15. The van der Waals surface area contributed by atoms with Gasteiger partial charge in [0.1, 0.15) is 0 Å². The van der Waals surface area contributed by atoms with Gasteiger partial charge in [0.05, 0.1) is 5.69 Å². The van der Waals surface area contributed by atoms with Crippen molar-refractivity contribution in [3.05, 3.63) is 30.1 Å². The van der Waals surface area contributed by atoms with Gasteiger partial charge in [0.2, 0.25) is 0 Å². The van der Waals surface area contributed by atoms with Crippen LogP contribution < -0.4 is 0 Å². The molecular formula is C14H24N2. The van der Waals surface area contributed by atoms with Crippen LogP contribution in [-0.2, 0) is 6.54 Å². The number of nitrogens with zero attached hydrogens (tertiary/aromatic N) is 2. The standard InChI is InChI=1S/C12H18N2.C2H6/c1-11-5-8-14(9-6-11)10-12-4-2-3-7-13-12;1-2/h2-4,7,11H,5-6,8-10H2,1H3;1-2H3. The molecule has 0 aromatic carbocycles. The molecule has 1 aromatic rings. The molecule has 0 aliphatic carbocycles. The lowest BCUT2D eigenvalue weighted by Crippen LogP contribution is -2.32. The molecule has 2 heteroatoms. The normalized spacial score (nSPS) is 17.7. The van der Waals surface area contributed by atoms with E-state index in [2.05, 4.69) is 28.9 Å². The van der Waals surface area contributed by atoms with E-state index in [4.69, 9.17) is 0 Å². The SMILES string of the molecule is CC.CC1CCN(Cc2ccccn2)CC1. The van der Waals surface area contributed by atoms with E-state index in [0.29, 0.717) is 0 Å². The molecule has 0 unspecified atom stereocenters. The predicted octanol–water partition coefficient (Wildman–Crippen LogP) is 3.34. The fraction of sp³-hybridized carbons (Fsp3) is 0.643. The molecule has 1 fully saturated rings. The second kappa shape index (κ2) is 7.39. The Labute approximate surface area is 99.7 Å².